The molecule has 8 heteroatoms. The lowest BCUT2D eigenvalue weighted by molar-refractivity contribution is 0.0942. The highest BCUT2D eigenvalue weighted by Crippen LogP contribution is 2.27. The third kappa shape index (κ3) is 4.04. The van der Waals surface area contributed by atoms with E-state index in [1.807, 2.05) is 36.5 Å². The summed E-state index contributed by atoms with van der Waals surface area (Å²) in [7, 11) is 1.90. The van der Waals surface area contributed by atoms with Crippen LogP contribution in [0.15, 0.2) is 41.4 Å². The van der Waals surface area contributed by atoms with E-state index in [1.165, 1.54) is 23.5 Å². The molecule has 6 nitrogen and oxygen atoms in total. The van der Waals surface area contributed by atoms with E-state index in [9.17, 15) is 9.18 Å². The molecule has 0 radical (unpaired) electrons. The topological polar surface area (TPSA) is 82.4 Å². The highest BCUT2D eigenvalue weighted by Gasteiger charge is 2.21. The average molecular weight is 375 g/mol. The van der Waals surface area contributed by atoms with Crippen LogP contribution in [0, 0.1) is 5.82 Å². The summed E-state index contributed by atoms with van der Waals surface area (Å²) in [6.45, 7) is 2.24. The molecule has 0 fully saturated rings. The number of carbonyl (C=O) groups is 1. The largest absolute Gasteiger partial charge is 0.347 e. The van der Waals surface area contributed by atoms with Crippen LogP contribution >= 0.6 is 11.3 Å². The Kier molecular flexibility index (Phi) is 5.55. The Bertz CT molecular complexity index is 834. The minimum absolute atomic E-state index is 0.173. The molecule has 0 saturated carbocycles. The van der Waals surface area contributed by atoms with Gasteiger partial charge in [0.2, 0.25) is 0 Å². The molecule has 3 rings (SSSR count). The summed E-state index contributed by atoms with van der Waals surface area (Å²) >= 11 is 1.38. The standard InChI is InChI=1S/C18H22FN5OS/c1-11-17(24(2)23-22-11)13-8-16(26-10-13)18(25)21-15(9-20)7-12-4-3-5-14(19)6-12/h3-6,8,10,15,22-23H,7,9,20H2,1-2H3,(H,21,25)/t15-/m0/s1. The molecular weight excluding hydrogens is 353 g/mol. The second kappa shape index (κ2) is 7.86. The molecule has 5 N–H and O–H groups in total. The van der Waals surface area contributed by atoms with Crippen LogP contribution in [0.4, 0.5) is 4.39 Å². The maximum absolute atomic E-state index is 13.3. The summed E-state index contributed by atoms with van der Waals surface area (Å²) in [5.74, 6) is -0.466. The lowest BCUT2D eigenvalue weighted by atomic mass is 10.1. The van der Waals surface area contributed by atoms with Crippen molar-refractivity contribution >= 4 is 22.9 Å². The minimum Gasteiger partial charge on any atom is -0.347 e. The molecule has 2 aromatic rings. The van der Waals surface area contributed by atoms with Crippen molar-refractivity contribution in [2.75, 3.05) is 13.6 Å². The van der Waals surface area contributed by atoms with Gasteiger partial charge in [-0.05, 0) is 37.1 Å². The number of carbonyl (C=O) groups excluding carboxylic acids is 1. The molecule has 2 heterocycles. The second-order valence-corrected chi connectivity index (χ2v) is 7.12. The highest BCUT2D eigenvalue weighted by atomic mass is 32.1. The van der Waals surface area contributed by atoms with Crippen molar-refractivity contribution in [3.8, 4) is 0 Å². The number of rotatable bonds is 6. The Morgan fingerprint density at radius 2 is 2.23 bits per heavy atom. The zero-order valence-corrected chi connectivity index (χ0v) is 15.5. The molecule has 26 heavy (non-hydrogen) atoms. The van der Waals surface area contributed by atoms with E-state index in [0.717, 1.165) is 22.5 Å². The van der Waals surface area contributed by atoms with Crippen LogP contribution in [0.5, 0.6) is 0 Å². The summed E-state index contributed by atoms with van der Waals surface area (Å²) < 4.78 is 13.3. The first-order valence-electron chi connectivity index (χ1n) is 8.28. The number of halogens is 1. The van der Waals surface area contributed by atoms with E-state index in [2.05, 4.69) is 16.3 Å². The zero-order valence-electron chi connectivity index (χ0n) is 14.7. The van der Waals surface area contributed by atoms with Gasteiger partial charge in [-0.3, -0.25) is 9.80 Å². The van der Waals surface area contributed by atoms with Crippen LogP contribution in [-0.4, -0.2) is 30.6 Å². The molecule has 0 aliphatic carbocycles. The Labute approximate surface area is 155 Å². The predicted molar refractivity (Wildman–Crippen MR) is 101 cm³/mol. The van der Waals surface area contributed by atoms with Crippen molar-refractivity contribution in [2.45, 2.75) is 19.4 Å². The summed E-state index contributed by atoms with van der Waals surface area (Å²) in [6, 6.07) is 7.94. The molecule has 1 aromatic heterocycles. The fourth-order valence-electron chi connectivity index (χ4n) is 2.92. The van der Waals surface area contributed by atoms with Gasteiger partial charge in [0, 0.05) is 30.6 Å². The molecule has 0 spiro atoms. The van der Waals surface area contributed by atoms with Gasteiger partial charge >= 0.3 is 0 Å². The Morgan fingerprint density at radius 3 is 2.88 bits per heavy atom. The zero-order chi connectivity index (χ0) is 18.7. The molecule has 1 aromatic carbocycles. The van der Waals surface area contributed by atoms with Gasteiger partial charge < -0.3 is 16.5 Å². The Hall–Kier alpha value is -2.42. The Balaban J connectivity index is 1.68. The first kappa shape index (κ1) is 18.4. The quantitative estimate of drug-likeness (QED) is 0.619. The maximum atomic E-state index is 13.3. The molecule has 0 saturated heterocycles. The van der Waals surface area contributed by atoms with Gasteiger partial charge in [0.15, 0.2) is 0 Å². The molecule has 1 aliphatic rings. The van der Waals surface area contributed by atoms with Gasteiger partial charge in [-0.15, -0.1) is 16.9 Å². The minimum atomic E-state index is -0.293. The molecular formula is C18H22FN5OS. The lowest BCUT2D eigenvalue weighted by Gasteiger charge is -2.16. The van der Waals surface area contributed by atoms with Crippen LogP contribution in [0.25, 0.3) is 5.70 Å². The van der Waals surface area contributed by atoms with Crippen molar-refractivity contribution in [1.29, 1.82) is 0 Å². The van der Waals surface area contributed by atoms with Gasteiger partial charge in [0.1, 0.15) is 5.82 Å². The number of hydrazine groups is 2. The number of amides is 1. The number of benzene rings is 1. The molecule has 1 amide bonds. The third-order valence-corrected chi connectivity index (χ3v) is 5.12. The molecule has 1 atom stereocenters. The predicted octanol–water partition coefficient (Wildman–Crippen LogP) is 1.83. The number of hydrogen-bond donors (Lipinski definition) is 4. The van der Waals surface area contributed by atoms with Gasteiger partial charge in [-0.1, -0.05) is 12.1 Å². The number of allylic oxidation sites excluding steroid dienone is 1. The van der Waals surface area contributed by atoms with Crippen LogP contribution in [0.3, 0.4) is 0 Å². The first-order valence-corrected chi connectivity index (χ1v) is 9.16. The van der Waals surface area contributed by atoms with Gasteiger partial charge in [0.05, 0.1) is 16.3 Å². The van der Waals surface area contributed by atoms with Gasteiger partial charge in [-0.25, -0.2) is 4.39 Å². The fraction of sp³-hybridized carbons (Fsp3) is 0.278. The van der Waals surface area contributed by atoms with E-state index in [4.69, 9.17) is 5.73 Å². The number of thiophene rings is 1. The van der Waals surface area contributed by atoms with Crippen LogP contribution in [0.2, 0.25) is 0 Å². The fourth-order valence-corrected chi connectivity index (χ4v) is 3.72. The summed E-state index contributed by atoms with van der Waals surface area (Å²) in [6.07, 6.45) is 0.485. The summed E-state index contributed by atoms with van der Waals surface area (Å²) in [5.41, 5.74) is 15.6. The van der Waals surface area contributed by atoms with Gasteiger partial charge in [-0.2, -0.15) is 0 Å². The smallest absolute Gasteiger partial charge is 0.261 e. The highest BCUT2D eigenvalue weighted by molar-refractivity contribution is 7.12. The SMILES string of the molecule is CC1=C(c2csc(C(=O)N[C@H](CN)Cc3cccc(F)c3)c2)N(C)NN1. The van der Waals surface area contributed by atoms with Gasteiger partial charge in [0.25, 0.3) is 5.91 Å². The normalized spacial score (nSPS) is 15.2. The van der Waals surface area contributed by atoms with E-state index in [-0.39, 0.29) is 24.3 Å². The van der Waals surface area contributed by atoms with Crippen LogP contribution < -0.4 is 22.0 Å². The second-order valence-electron chi connectivity index (χ2n) is 6.21. The van der Waals surface area contributed by atoms with Crippen molar-refractivity contribution in [2.24, 2.45) is 5.73 Å². The summed E-state index contributed by atoms with van der Waals surface area (Å²) in [4.78, 5) is 13.2. The van der Waals surface area contributed by atoms with Crippen LogP contribution in [-0.2, 0) is 6.42 Å². The van der Waals surface area contributed by atoms with Crippen molar-refractivity contribution in [1.82, 2.24) is 21.3 Å². The molecule has 138 valence electrons. The number of nitrogens with two attached hydrogens (primary N) is 1. The molecule has 1 aliphatic heterocycles. The number of nitrogens with zero attached hydrogens (tertiary/aromatic N) is 1. The monoisotopic (exact) mass is 375 g/mol. The number of hydrogen-bond acceptors (Lipinski definition) is 6. The van der Waals surface area contributed by atoms with Crippen molar-refractivity contribution in [3.63, 3.8) is 0 Å². The van der Waals surface area contributed by atoms with Crippen LogP contribution in [0.1, 0.15) is 27.7 Å². The molecule has 0 bridgehead atoms. The van der Waals surface area contributed by atoms with Crippen molar-refractivity contribution in [3.05, 3.63) is 63.2 Å². The summed E-state index contributed by atoms with van der Waals surface area (Å²) in [5, 5.41) is 6.75. The first-order chi connectivity index (χ1) is 12.5. The Morgan fingerprint density at radius 1 is 1.42 bits per heavy atom. The van der Waals surface area contributed by atoms with E-state index >= 15 is 0 Å². The van der Waals surface area contributed by atoms with E-state index in [0.29, 0.717) is 11.3 Å². The van der Waals surface area contributed by atoms with E-state index < -0.39 is 0 Å². The maximum Gasteiger partial charge on any atom is 0.261 e. The third-order valence-electron chi connectivity index (χ3n) is 4.19. The average Bonchev–Trinajstić information content (AvgIpc) is 3.21. The number of nitrogens with one attached hydrogen (secondary N) is 3. The molecule has 0 unspecified atom stereocenters. The lowest BCUT2D eigenvalue weighted by Crippen LogP contribution is -2.41. The van der Waals surface area contributed by atoms with E-state index in [1.54, 1.807) is 6.07 Å². The van der Waals surface area contributed by atoms with Crippen molar-refractivity contribution < 1.29 is 9.18 Å².